The number of ether oxygens (including phenoxy) is 1. The van der Waals surface area contributed by atoms with Crippen LogP contribution < -0.4 is 20.7 Å². The summed E-state index contributed by atoms with van der Waals surface area (Å²) in [6.45, 7) is 0.798. The Morgan fingerprint density at radius 2 is 1.95 bits per heavy atom. The molecule has 6 rings (SSSR count). The van der Waals surface area contributed by atoms with E-state index in [0.29, 0.717) is 34.8 Å². The second-order valence-electron chi connectivity index (χ2n) is 8.71. The molecule has 4 heterocycles. The van der Waals surface area contributed by atoms with Gasteiger partial charge in [-0.1, -0.05) is 30.3 Å². The Labute approximate surface area is 215 Å². The van der Waals surface area contributed by atoms with E-state index in [1.807, 2.05) is 48.1 Å². The average Bonchev–Trinajstić information content (AvgIpc) is 3.59. The molecule has 0 aliphatic carbocycles. The van der Waals surface area contributed by atoms with Gasteiger partial charge in [-0.15, -0.1) is 10.2 Å². The zero-order chi connectivity index (χ0) is 26.1. The summed E-state index contributed by atoms with van der Waals surface area (Å²) >= 11 is 0. The van der Waals surface area contributed by atoms with Crippen molar-refractivity contribution in [2.24, 2.45) is 7.05 Å². The van der Waals surface area contributed by atoms with Crippen molar-refractivity contribution in [2.75, 3.05) is 17.2 Å². The number of tetrazole rings is 1. The third-order valence-corrected chi connectivity index (χ3v) is 6.14. The number of benzene rings is 2. The van der Waals surface area contributed by atoms with Crippen LogP contribution in [-0.2, 0) is 24.9 Å². The van der Waals surface area contributed by atoms with Crippen molar-refractivity contribution in [3.8, 4) is 17.1 Å². The van der Waals surface area contributed by atoms with Gasteiger partial charge in [-0.2, -0.15) is 5.21 Å². The molecule has 5 aromatic rings. The number of aryl methyl sites for hydroxylation is 1. The number of fused-ring (bicyclic) bond motifs is 2. The Kier molecular flexibility index (Phi) is 5.84. The summed E-state index contributed by atoms with van der Waals surface area (Å²) in [6.07, 6.45) is 3.27. The molecule has 190 valence electrons. The minimum atomic E-state index is -0.333. The number of hydrogen-bond acceptors (Lipinski definition) is 9. The maximum atomic E-state index is 13.1. The van der Waals surface area contributed by atoms with Gasteiger partial charge in [0.25, 0.3) is 11.8 Å². The lowest BCUT2D eigenvalue weighted by molar-refractivity contribution is -0.118. The van der Waals surface area contributed by atoms with E-state index in [1.54, 1.807) is 12.1 Å². The highest BCUT2D eigenvalue weighted by molar-refractivity contribution is 6.06. The fraction of sp³-hybridized carbons (Fsp3) is 0.160. The molecule has 0 saturated heterocycles. The number of nitrogens with zero attached hydrogens (tertiary/aromatic N) is 6. The van der Waals surface area contributed by atoms with Crippen LogP contribution in [0.15, 0.2) is 55.0 Å². The molecular weight excluding hydrogens is 488 g/mol. The zero-order valence-corrected chi connectivity index (χ0v) is 20.2. The Morgan fingerprint density at radius 3 is 2.76 bits per heavy atom. The minimum Gasteiger partial charge on any atom is -0.482 e. The lowest BCUT2D eigenvalue weighted by Gasteiger charge is -2.18. The van der Waals surface area contributed by atoms with Crippen molar-refractivity contribution in [2.45, 2.75) is 13.1 Å². The van der Waals surface area contributed by atoms with Crippen LogP contribution in [0.3, 0.4) is 0 Å². The van der Waals surface area contributed by atoms with Gasteiger partial charge in [0, 0.05) is 31.9 Å². The van der Waals surface area contributed by atoms with Gasteiger partial charge < -0.3 is 25.3 Å². The molecule has 2 aromatic carbocycles. The summed E-state index contributed by atoms with van der Waals surface area (Å²) in [7, 11) is 1.85. The van der Waals surface area contributed by atoms with E-state index in [4.69, 9.17) is 4.74 Å². The van der Waals surface area contributed by atoms with Crippen LogP contribution in [0.2, 0.25) is 0 Å². The van der Waals surface area contributed by atoms with E-state index in [9.17, 15) is 9.59 Å². The molecule has 13 heteroatoms. The summed E-state index contributed by atoms with van der Waals surface area (Å²) in [6, 6.07) is 13.2. The minimum absolute atomic E-state index is 0.00585. The van der Waals surface area contributed by atoms with Crippen molar-refractivity contribution < 1.29 is 14.3 Å². The number of aromatic nitrogens is 7. The number of aromatic amines is 1. The first-order valence-electron chi connectivity index (χ1n) is 11.8. The number of carbonyl (C=O) groups is 2. The van der Waals surface area contributed by atoms with Crippen molar-refractivity contribution in [1.82, 2.24) is 40.5 Å². The normalized spacial score (nSPS) is 12.5. The molecular formula is C25H22N10O3. The summed E-state index contributed by atoms with van der Waals surface area (Å²) in [5.41, 5.74) is 5.62. The van der Waals surface area contributed by atoms with E-state index in [2.05, 4.69) is 46.5 Å². The molecule has 0 saturated carbocycles. The Morgan fingerprint density at radius 1 is 1.11 bits per heavy atom. The number of carbonyl (C=O) groups excluding carboxylic acids is 2. The Bertz CT molecular complexity index is 1640. The Balaban J connectivity index is 1.16. The number of H-pyrrole nitrogens is 1. The van der Waals surface area contributed by atoms with Gasteiger partial charge >= 0.3 is 0 Å². The first-order valence-corrected chi connectivity index (χ1v) is 11.8. The van der Waals surface area contributed by atoms with Gasteiger partial charge in [0.15, 0.2) is 12.3 Å². The molecule has 0 unspecified atom stereocenters. The van der Waals surface area contributed by atoms with Gasteiger partial charge in [0.05, 0.1) is 11.4 Å². The maximum absolute atomic E-state index is 13.1. The van der Waals surface area contributed by atoms with E-state index in [-0.39, 0.29) is 30.7 Å². The van der Waals surface area contributed by atoms with Gasteiger partial charge in [0.1, 0.15) is 23.1 Å². The van der Waals surface area contributed by atoms with Crippen LogP contribution in [-0.4, -0.2) is 53.6 Å². The molecule has 0 atom stereocenters. The van der Waals surface area contributed by atoms with Gasteiger partial charge in [-0.25, -0.2) is 9.97 Å². The van der Waals surface area contributed by atoms with Crippen molar-refractivity contribution in [3.05, 3.63) is 71.8 Å². The molecule has 1 aliphatic rings. The van der Waals surface area contributed by atoms with E-state index < -0.39 is 0 Å². The molecule has 3 aromatic heterocycles. The molecule has 0 bridgehead atoms. The van der Waals surface area contributed by atoms with E-state index in [0.717, 1.165) is 22.4 Å². The number of rotatable bonds is 7. The van der Waals surface area contributed by atoms with Gasteiger partial charge in [-0.3, -0.25) is 9.59 Å². The third-order valence-electron chi connectivity index (χ3n) is 6.14. The summed E-state index contributed by atoms with van der Waals surface area (Å²) in [4.78, 5) is 33.4. The molecule has 1 aliphatic heterocycles. The lowest BCUT2D eigenvalue weighted by atomic mass is 10.1. The first kappa shape index (κ1) is 23.1. The van der Waals surface area contributed by atoms with Crippen LogP contribution in [0.25, 0.3) is 22.4 Å². The van der Waals surface area contributed by atoms with Crippen LogP contribution in [0, 0.1) is 0 Å². The number of nitrogens with one attached hydrogen (secondary N) is 4. The van der Waals surface area contributed by atoms with Gasteiger partial charge in [-0.05, 0) is 28.5 Å². The molecule has 38 heavy (non-hydrogen) atoms. The summed E-state index contributed by atoms with van der Waals surface area (Å²) < 4.78 is 7.22. The maximum Gasteiger partial charge on any atom is 0.272 e. The van der Waals surface area contributed by atoms with Crippen LogP contribution >= 0.6 is 0 Å². The molecule has 2 amide bonds. The largest absolute Gasteiger partial charge is 0.482 e. The fourth-order valence-corrected chi connectivity index (χ4v) is 4.28. The first-order chi connectivity index (χ1) is 18.5. The van der Waals surface area contributed by atoms with E-state index >= 15 is 0 Å². The zero-order valence-electron chi connectivity index (χ0n) is 20.2. The molecule has 4 N–H and O–H groups in total. The third kappa shape index (κ3) is 4.48. The number of anilines is 2. The highest BCUT2D eigenvalue weighted by Crippen LogP contribution is 2.29. The standard InChI is InChI=1S/C25H22N10O3/c1-35-11-18(26-9-14-2-5-16(6-3-14)24-31-33-34-32-24)21-23(35)22(29-13-28-21)25(37)27-10-15-4-7-19-17(8-15)30-20(36)12-38-19/h2-8,11,13,26H,9-10,12H2,1H3,(H,27,37)(H,30,36)(H,31,32,33,34). The second-order valence-corrected chi connectivity index (χ2v) is 8.71. The van der Waals surface area contributed by atoms with Crippen molar-refractivity contribution in [3.63, 3.8) is 0 Å². The molecule has 0 spiro atoms. The quantitative estimate of drug-likeness (QED) is 0.256. The van der Waals surface area contributed by atoms with Crippen molar-refractivity contribution in [1.29, 1.82) is 0 Å². The number of hydrogen-bond donors (Lipinski definition) is 4. The van der Waals surface area contributed by atoms with Gasteiger partial charge in [0.2, 0.25) is 5.82 Å². The smallest absolute Gasteiger partial charge is 0.272 e. The van der Waals surface area contributed by atoms with E-state index in [1.165, 1.54) is 6.33 Å². The SMILES string of the molecule is Cn1cc(NCc2ccc(-c3nn[nH]n3)cc2)c2ncnc(C(=O)NCc3ccc4c(c3)NC(=O)CO4)c21. The van der Waals surface area contributed by atoms with Crippen LogP contribution in [0.4, 0.5) is 11.4 Å². The monoisotopic (exact) mass is 510 g/mol. The fourth-order valence-electron chi connectivity index (χ4n) is 4.28. The summed E-state index contributed by atoms with van der Waals surface area (Å²) in [5, 5.41) is 23.1. The molecule has 0 radical (unpaired) electrons. The highest BCUT2D eigenvalue weighted by Gasteiger charge is 2.19. The molecule has 0 fully saturated rings. The van der Waals surface area contributed by atoms with Crippen LogP contribution in [0.1, 0.15) is 21.6 Å². The second kappa shape index (κ2) is 9.61. The highest BCUT2D eigenvalue weighted by atomic mass is 16.5. The predicted molar refractivity (Wildman–Crippen MR) is 137 cm³/mol. The summed E-state index contributed by atoms with van der Waals surface area (Å²) in [5.74, 6) is 0.591. The molecule has 13 nitrogen and oxygen atoms in total. The number of amides is 2. The van der Waals surface area contributed by atoms with Crippen molar-refractivity contribution >= 4 is 34.2 Å². The van der Waals surface area contributed by atoms with Crippen LogP contribution in [0.5, 0.6) is 5.75 Å². The average molecular weight is 511 g/mol. The topological polar surface area (TPSA) is 165 Å². The Hall–Kier alpha value is -5.33. The lowest BCUT2D eigenvalue weighted by Crippen LogP contribution is -2.26. The predicted octanol–water partition coefficient (Wildman–Crippen LogP) is 2.02.